The van der Waals surface area contributed by atoms with Crippen molar-refractivity contribution in [3.05, 3.63) is 62.9 Å². The molecule has 8 heteroatoms. The average molecular weight is 378 g/mol. The van der Waals surface area contributed by atoms with E-state index in [1.807, 2.05) is 31.2 Å². The SMILES string of the molecule is Cc1ccnc2c1/C(=N\N=C(N)NO)CC(c1c(Cl)cccc1Cl)C2. The molecule has 1 aromatic carbocycles. The van der Waals surface area contributed by atoms with Crippen LogP contribution in [0.2, 0.25) is 10.0 Å². The summed E-state index contributed by atoms with van der Waals surface area (Å²) >= 11 is 12.8. The van der Waals surface area contributed by atoms with Crippen molar-refractivity contribution in [2.45, 2.75) is 25.7 Å². The topological polar surface area (TPSA) is 95.9 Å². The van der Waals surface area contributed by atoms with Crippen molar-refractivity contribution < 1.29 is 5.21 Å². The van der Waals surface area contributed by atoms with Gasteiger partial charge in [-0.25, -0.2) is 5.48 Å². The number of rotatable bonds is 2. The number of halogens is 2. The van der Waals surface area contributed by atoms with Crippen LogP contribution in [0.5, 0.6) is 0 Å². The molecule has 1 atom stereocenters. The maximum Gasteiger partial charge on any atom is 0.237 e. The predicted octanol–water partition coefficient (Wildman–Crippen LogP) is 3.42. The van der Waals surface area contributed by atoms with E-state index in [9.17, 15) is 0 Å². The van der Waals surface area contributed by atoms with Crippen molar-refractivity contribution in [3.8, 4) is 0 Å². The van der Waals surface area contributed by atoms with Gasteiger partial charge in [0, 0.05) is 21.8 Å². The lowest BCUT2D eigenvalue weighted by atomic mass is 9.80. The standard InChI is InChI=1S/C17H17Cl2N5O/c1-9-5-6-21-13-7-10(16-11(18)3-2-4-12(16)19)8-14(15(9)13)22-23-17(20)24-25/h2-6,10,25H,7-8H2,1H3,(H3,20,23,24)/b22-14-. The van der Waals surface area contributed by atoms with Gasteiger partial charge < -0.3 is 5.73 Å². The van der Waals surface area contributed by atoms with Crippen LogP contribution in [0.3, 0.4) is 0 Å². The van der Waals surface area contributed by atoms with Crippen LogP contribution in [0.25, 0.3) is 0 Å². The molecule has 1 unspecified atom stereocenters. The van der Waals surface area contributed by atoms with Crippen molar-refractivity contribution >= 4 is 34.9 Å². The summed E-state index contributed by atoms with van der Waals surface area (Å²) in [7, 11) is 0. The number of fused-ring (bicyclic) bond motifs is 1. The Morgan fingerprint density at radius 2 is 2.00 bits per heavy atom. The first-order chi connectivity index (χ1) is 12.0. The Balaban J connectivity index is 2.10. The molecule has 0 bridgehead atoms. The van der Waals surface area contributed by atoms with Crippen molar-refractivity contribution in [2.75, 3.05) is 0 Å². The molecular formula is C17H17Cl2N5O. The number of guanidine groups is 1. The van der Waals surface area contributed by atoms with Crippen LogP contribution in [-0.2, 0) is 6.42 Å². The molecule has 6 nitrogen and oxygen atoms in total. The Kier molecular flexibility index (Phi) is 5.22. The van der Waals surface area contributed by atoms with Gasteiger partial charge in [-0.2, -0.15) is 5.10 Å². The molecule has 1 aliphatic rings. The number of nitrogens with zero attached hydrogens (tertiary/aromatic N) is 3. The number of hydrogen-bond donors (Lipinski definition) is 3. The minimum atomic E-state index is -0.187. The predicted molar refractivity (Wildman–Crippen MR) is 99.6 cm³/mol. The third-order valence-electron chi connectivity index (χ3n) is 4.21. The Morgan fingerprint density at radius 1 is 1.28 bits per heavy atom. The largest absolute Gasteiger partial charge is 0.367 e. The second kappa shape index (κ2) is 7.39. The molecule has 0 fully saturated rings. The number of pyridine rings is 1. The van der Waals surface area contributed by atoms with E-state index in [2.05, 4.69) is 15.2 Å². The highest BCUT2D eigenvalue weighted by Crippen LogP contribution is 2.39. The first-order valence-electron chi connectivity index (χ1n) is 7.70. The summed E-state index contributed by atoms with van der Waals surface area (Å²) in [6, 6.07) is 7.39. The normalized spacial score (nSPS) is 19.0. The van der Waals surface area contributed by atoms with Crippen LogP contribution in [0, 0.1) is 6.92 Å². The Hall–Kier alpha value is -2.15. The highest BCUT2D eigenvalue weighted by Gasteiger charge is 2.29. The molecule has 130 valence electrons. The van der Waals surface area contributed by atoms with Gasteiger partial charge in [0.1, 0.15) is 0 Å². The summed E-state index contributed by atoms with van der Waals surface area (Å²) < 4.78 is 0. The number of aryl methyl sites for hydroxylation is 1. The highest BCUT2D eigenvalue weighted by atomic mass is 35.5. The first kappa shape index (κ1) is 17.7. The minimum Gasteiger partial charge on any atom is -0.367 e. The first-order valence-corrected chi connectivity index (χ1v) is 8.45. The van der Waals surface area contributed by atoms with Gasteiger partial charge >= 0.3 is 0 Å². The number of aromatic nitrogens is 1. The number of hydroxylamine groups is 1. The Bertz CT molecular complexity index is 846. The van der Waals surface area contributed by atoms with Crippen LogP contribution in [0.15, 0.2) is 40.7 Å². The summed E-state index contributed by atoms with van der Waals surface area (Å²) in [5.74, 6) is -0.159. The van der Waals surface area contributed by atoms with E-state index in [0.29, 0.717) is 22.9 Å². The fraction of sp³-hybridized carbons (Fsp3) is 0.235. The third kappa shape index (κ3) is 3.61. The summed E-state index contributed by atoms with van der Waals surface area (Å²) in [4.78, 5) is 4.50. The molecular weight excluding hydrogens is 361 g/mol. The molecule has 0 radical (unpaired) electrons. The van der Waals surface area contributed by atoms with Crippen molar-refractivity contribution in [1.82, 2.24) is 10.5 Å². The molecule has 0 aliphatic heterocycles. The number of hydrogen-bond acceptors (Lipinski definition) is 4. The van der Waals surface area contributed by atoms with Crippen molar-refractivity contribution in [3.63, 3.8) is 0 Å². The van der Waals surface area contributed by atoms with E-state index in [0.717, 1.165) is 28.1 Å². The van der Waals surface area contributed by atoms with Gasteiger partial charge in [0.25, 0.3) is 0 Å². The fourth-order valence-electron chi connectivity index (χ4n) is 3.14. The van der Waals surface area contributed by atoms with Gasteiger partial charge in [-0.15, -0.1) is 5.10 Å². The lowest BCUT2D eigenvalue weighted by molar-refractivity contribution is 0.232. The van der Waals surface area contributed by atoms with Crippen LogP contribution < -0.4 is 11.2 Å². The maximum atomic E-state index is 8.79. The second-order valence-electron chi connectivity index (χ2n) is 5.83. The van der Waals surface area contributed by atoms with Crippen molar-refractivity contribution in [1.29, 1.82) is 0 Å². The number of nitrogens with one attached hydrogen (secondary N) is 1. The van der Waals surface area contributed by atoms with E-state index in [-0.39, 0.29) is 11.9 Å². The Labute approximate surface area is 155 Å². The molecule has 1 aromatic heterocycles. The smallest absolute Gasteiger partial charge is 0.237 e. The summed E-state index contributed by atoms with van der Waals surface area (Å²) in [5.41, 5.74) is 11.8. The van der Waals surface area contributed by atoms with Crippen LogP contribution >= 0.6 is 23.2 Å². The molecule has 0 saturated carbocycles. The van der Waals surface area contributed by atoms with E-state index in [1.165, 1.54) is 0 Å². The van der Waals surface area contributed by atoms with Gasteiger partial charge in [0.2, 0.25) is 5.96 Å². The zero-order chi connectivity index (χ0) is 18.0. The van der Waals surface area contributed by atoms with Crippen LogP contribution in [0.4, 0.5) is 0 Å². The maximum absolute atomic E-state index is 8.79. The molecule has 0 saturated heterocycles. The van der Waals surface area contributed by atoms with E-state index in [1.54, 1.807) is 11.7 Å². The van der Waals surface area contributed by atoms with Gasteiger partial charge in [-0.3, -0.25) is 10.2 Å². The number of nitrogens with two attached hydrogens (primary N) is 1. The lowest BCUT2D eigenvalue weighted by Crippen LogP contribution is -2.28. The molecule has 1 aliphatic carbocycles. The Morgan fingerprint density at radius 3 is 2.68 bits per heavy atom. The van der Waals surface area contributed by atoms with Crippen molar-refractivity contribution in [2.24, 2.45) is 15.9 Å². The fourth-order valence-corrected chi connectivity index (χ4v) is 3.84. The van der Waals surface area contributed by atoms with E-state index < -0.39 is 0 Å². The zero-order valence-electron chi connectivity index (χ0n) is 13.5. The number of benzene rings is 1. The lowest BCUT2D eigenvalue weighted by Gasteiger charge is -2.27. The van der Waals surface area contributed by atoms with Gasteiger partial charge in [-0.1, -0.05) is 29.3 Å². The van der Waals surface area contributed by atoms with Crippen LogP contribution in [-0.4, -0.2) is 21.9 Å². The molecule has 3 rings (SSSR count). The molecule has 0 spiro atoms. The summed E-state index contributed by atoms with van der Waals surface area (Å²) in [6.07, 6.45) is 3.07. The third-order valence-corrected chi connectivity index (χ3v) is 4.87. The summed E-state index contributed by atoms with van der Waals surface area (Å²) in [6.45, 7) is 2.00. The highest BCUT2D eigenvalue weighted by molar-refractivity contribution is 6.36. The minimum absolute atomic E-state index is 0.0280. The molecule has 4 N–H and O–H groups in total. The molecule has 1 heterocycles. The quantitative estimate of drug-likeness (QED) is 0.424. The van der Waals surface area contributed by atoms with Gasteiger partial charge in [-0.05, 0) is 55.0 Å². The van der Waals surface area contributed by atoms with E-state index in [4.69, 9.17) is 34.1 Å². The van der Waals surface area contributed by atoms with Gasteiger partial charge in [0.05, 0.1) is 11.4 Å². The zero-order valence-corrected chi connectivity index (χ0v) is 15.0. The summed E-state index contributed by atoms with van der Waals surface area (Å²) in [5, 5.41) is 18.1. The average Bonchev–Trinajstić information content (AvgIpc) is 2.59. The molecule has 0 amide bonds. The molecule has 2 aromatic rings. The van der Waals surface area contributed by atoms with Crippen LogP contribution in [0.1, 0.15) is 34.7 Å². The monoisotopic (exact) mass is 377 g/mol. The second-order valence-corrected chi connectivity index (χ2v) is 6.65. The van der Waals surface area contributed by atoms with Gasteiger partial charge in [0.15, 0.2) is 0 Å². The molecule has 25 heavy (non-hydrogen) atoms. The van der Waals surface area contributed by atoms with E-state index >= 15 is 0 Å².